The SMILES string of the molecule is CC.CC.CC.CC.O.O.O=C1c2ccccc2C(=O)N1Cc1ccn[nH]1.OCc1ccn[nH]1.[HH].[HH]. The summed E-state index contributed by atoms with van der Waals surface area (Å²) in [6.07, 6.45) is 3.19. The lowest BCUT2D eigenvalue weighted by Gasteiger charge is -2.11. The third kappa shape index (κ3) is 11.5. The first kappa shape index (κ1) is 37.9. The lowest BCUT2D eigenvalue weighted by molar-refractivity contribution is 0.0640. The number of imide groups is 1. The minimum Gasteiger partial charge on any atom is -0.412 e. The molecule has 1 aliphatic rings. The molecule has 2 aromatic heterocycles. The highest BCUT2D eigenvalue weighted by Crippen LogP contribution is 2.23. The number of fused-ring (bicyclic) bond motifs is 1. The molecule has 10 heteroatoms. The van der Waals surface area contributed by atoms with E-state index in [1.807, 2.05) is 55.4 Å². The van der Waals surface area contributed by atoms with Gasteiger partial charge in [-0.25, -0.2) is 0 Å². The summed E-state index contributed by atoms with van der Waals surface area (Å²) in [5.41, 5.74) is 2.42. The maximum atomic E-state index is 12.0. The lowest BCUT2D eigenvalue weighted by Crippen LogP contribution is -2.29. The number of carbonyl (C=O) groups excluding carboxylic acids is 2. The van der Waals surface area contributed by atoms with E-state index in [1.54, 1.807) is 48.8 Å². The normalized spacial score (nSPS) is 9.74. The van der Waals surface area contributed by atoms with E-state index in [9.17, 15) is 9.59 Å². The predicted molar refractivity (Wildman–Crippen MR) is 141 cm³/mol. The summed E-state index contributed by atoms with van der Waals surface area (Å²) < 4.78 is 0. The van der Waals surface area contributed by atoms with Gasteiger partial charge in [0.2, 0.25) is 0 Å². The number of hydrogen-bond acceptors (Lipinski definition) is 5. The Kier molecular flexibility index (Phi) is 27.1. The number of amides is 2. The van der Waals surface area contributed by atoms with Crippen LogP contribution in [0.4, 0.5) is 0 Å². The third-order valence-electron chi connectivity index (χ3n) is 3.49. The van der Waals surface area contributed by atoms with Crippen LogP contribution < -0.4 is 0 Å². The van der Waals surface area contributed by atoms with Gasteiger partial charge in [0.15, 0.2) is 0 Å². The van der Waals surface area contributed by atoms with Gasteiger partial charge < -0.3 is 16.1 Å². The minimum atomic E-state index is -0.250. The Morgan fingerprint density at radius 3 is 1.41 bits per heavy atom. The summed E-state index contributed by atoms with van der Waals surface area (Å²) in [5, 5.41) is 21.1. The van der Waals surface area contributed by atoms with Crippen LogP contribution in [0.5, 0.6) is 0 Å². The maximum absolute atomic E-state index is 12.0. The molecule has 1 aliphatic heterocycles. The fourth-order valence-electron chi connectivity index (χ4n) is 2.30. The second-order valence-corrected chi connectivity index (χ2v) is 5.06. The Morgan fingerprint density at radius 1 is 0.735 bits per heavy atom. The van der Waals surface area contributed by atoms with Crippen LogP contribution in [0.3, 0.4) is 0 Å². The van der Waals surface area contributed by atoms with Crippen molar-refractivity contribution in [2.24, 2.45) is 0 Å². The number of H-pyrrole nitrogens is 2. The van der Waals surface area contributed by atoms with E-state index in [0.717, 1.165) is 11.4 Å². The Balaban J connectivity index is -0.000000102. The Labute approximate surface area is 206 Å². The van der Waals surface area contributed by atoms with E-state index in [0.29, 0.717) is 11.1 Å². The molecular formula is C24H47N5O5. The van der Waals surface area contributed by atoms with E-state index >= 15 is 0 Å². The average Bonchev–Trinajstić information content (AvgIpc) is 3.65. The smallest absolute Gasteiger partial charge is 0.261 e. The van der Waals surface area contributed by atoms with E-state index in [2.05, 4.69) is 20.4 Å². The number of nitrogens with zero attached hydrogens (tertiary/aromatic N) is 3. The summed E-state index contributed by atoms with van der Waals surface area (Å²) in [4.78, 5) is 25.2. The molecule has 0 atom stereocenters. The van der Waals surface area contributed by atoms with Gasteiger partial charge in [-0.05, 0) is 24.3 Å². The fraction of sp³-hybridized carbons (Fsp3) is 0.417. The van der Waals surface area contributed by atoms with Gasteiger partial charge in [-0.3, -0.25) is 24.7 Å². The van der Waals surface area contributed by atoms with E-state index in [-0.39, 0.29) is 38.8 Å². The molecule has 3 heterocycles. The molecule has 198 valence electrons. The average molecular weight is 486 g/mol. The van der Waals surface area contributed by atoms with Crippen LogP contribution in [0.25, 0.3) is 0 Å². The number of aliphatic hydroxyl groups excluding tert-OH is 1. The van der Waals surface area contributed by atoms with Gasteiger partial charge in [0, 0.05) is 15.2 Å². The summed E-state index contributed by atoms with van der Waals surface area (Å²) in [6, 6.07) is 10.3. The molecule has 0 bridgehead atoms. The number of nitrogens with one attached hydrogen (secondary N) is 2. The molecule has 0 aliphatic carbocycles. The first-order chi connectivity index (χ1) is 15.7. The number of benzene rings is 1. The third-order valence-corrected chi connectivity index (χ3v) is 3.49. The molecule has 2 amide bonds. The number of aliphatic hydroxyl groups is 1. The number of hydrogen-bond donors (Lipinski definition) is 3. The van der Waals surface area contributed by atoms with E-state index < -0.39 is 0 Å². The van der Waals surface area contributed by atoms with Crippen molar-refractivity contribution in [1.82, 2.24) is 25.3 Å². The van der Waals surface area contributed by atoms with Crippen LogP contribution in [0.2, 0.25) is 0 Å². The molecule has 0 saturated heterocycles. The number of aromatic amines is 2. The van der Waals surface area contributed by atoms with Gasteiger partial charge >= 0.3 is 0 Å². The first-order valence-corrected chi connectivity index (χ1v) is 11.2. The Hall–Kier alpha value is -3.34. The van der Waals surface area contributed by atoms with Gasteiger partial charge in [0.25, 0.3) is 11.8 Å². The lowest BCUT2D eigenvalue weighted by atomic mass is 10.1. The van der Waals surface area contributed by atoms with Crippen LogP contribution in [0.1, 0.15) is 90.3 Å². The zero-order chi connectivity index (χ0) is 24.9. The highest BCUT2D eigenvalue weighted by molar-refractivity contribution is 6.21. The molecule has 10 nitrogen and oxygen atoms in total. The zero-order valence-corrected chi connectivity index (χ0v) is 21.6. The van der Waals surface area contributed by atoms with Crippen molar-refractivity contribution in [3.05, 3.63) is 71.3 Å². The van der Waals surface area contributed by atoms with Crippen molar-refractivity contribution < 1.29 is 28.5 Å². The standard InChI is InChI=1S/C12H9N3O2.C4H6N2O.4C2H6.2H2O.2H2/c16-11-9-3-1-2-4-10(9)12(17)15(11)7-8-5-6-13-14-8;7-3-4-1-2-5-6-4;4*1-2;;;;/h1-6H,7H2,(H,13,14);1-2,7H,3H2,(H,5,6);4*1-2H3;2*1H2;2*1H. The van der Waals surface area contributed by atoms with Crippen molar-refractivity contribution in [1.29, 1.82) is 0 Å². The largest absolute Gasteiger partial charge is 0.412 e. The van der Waals surface area contributed by atoms with Gasteiger partial charge in [-0.15, -0.1) is 0 Å². The summed E-state index contributed by atoms with van der Waals surface area (Å²) >= 11 is 0. The topological polar surface area (TPSA) is 178 Å². The van der Waals surface area contributed by atoms with Gasteiger partial charge in [-0.2, -0.15) is 10.2 Å². The molecule has 3 aromatic rings. The van der Waals surface area contributed by atoms with Gasteiger partial charge in [0.05, 0.1) is 35.7 Å². The first-order valence-electron chi connectivity index (χ1n) is 11.2. The molecule has 0 spiro atoms. The fourth-order valence-corrected chi connectivity index (χ4v) is 2.30. The van der Waals surface area contributed by atoms with Crippen LogP contribution >= 0.6 is 0 Å². The predicted octanol–water partition coefficient (Wildman–Crippen LogP) is 4.06. The molecule has 0 fully saturated rings. The van der Waals surface area contributed by atoms with Crippen LogP contribution in [0.15, 0.2) is 48.8 Å². The second kappa shape index (κ2) is 24.3. The highest BCUT2D eigenvalue weighted by atomic mass is 16.3. The molecule has 0 unspecified atom stereocenters. The van der Waals surface area contributed by atoms with Crippen LogP contribution in [0, 0.1) is 0 Å². The Morgan fingerprint density at radius 2 is 1.12 bits per heavy atom. The van der Waals surface area contributed by atoms with Crippen molar-refractivity contribution in [3.63, 3.8) is 0 Å². The van der Waals surface area contributed by atoms with Crippen molar-refractivity contribution in [3.8, 4) is 0 Å². The summed E-state index contributed by atoms with van der Waals surface area (Å²) in [5.74, 6) is -0.500. The zero-order valence-electron chi connectivity index (χ0n) is 21.6. The minimum absolute atomic E-state index is 0. The second-order valence-electron chi connectivity index (χ2n) is 5.06. The van der Waals surface area contributed by atoms with E-state index in [4.69, 9.17) is 5.11 Å². The van der Waals surface area contributed by atoms with Crippen molar-refractivity contribution in [2.75, 3.05) is 0 Å². The quantitative estimate of drug-likeness (QED) is 0.473. The van der Waals surface area contributed by atoms with Gasteiger partial charge in [0.1, 0.15) is 0 Å². The molecular weight excluding hydrogens is 438 g/mol. The number of rotatable bonds is 3. The molecule has 0 saturated carbocycles. The molecule has 4 rings (SSSR count). The molecule has 1 aromatic carbocycles. The molecule has 34 heavy (non-hydrogen) atoms. The maximum Gasteiger partial charge on any atom is 0.261 e. The monoisotopic (exact) mass is 485 g/mol. The summed E-state index contributed by atoms with van der Waals surface area (Å²) in [7, 11) is 0. The molecule has 0 radical (unpaired) electrons. The van der Waals surface area contributed by atoms with Gasteiger partial charge in [-0.1, -0.05) is 67.5 Å². The van der Waals surface area contributed by atoms with Crippen molar-refractivity contribution in [2.45, 2.75) is 68.5 Å². The molecule has 7 N–H and O–H groups in total. The van der Waals surface area contributed by atoms with Crippen LogP contribution in [-0.4, -0.2) is 53.2 Å². The summed E-state index contributed by atoms with van der Waals surface area (Å²) in [6.45, 7) is 16.3. The van der Waals surface area contributed by atoms with E-state index in [1.165, 1.54) is 4.90 Å². The number of aromatic nitrogens is 4. The van der Waals surface area contributed by atoms with Crippen molar-refractivity contribution >= 4 is 11.8 Å². The van der Waals surface area contributed by atoms with Crippen LogP contribution in [-0.2, 0) is 13.2 Å². The highest BCUT2D eigenvalue weighted by Gasteiger charge is 2.35. The Bertz CT molecular complexity index is 813. The number of carbonyl (C=O) groups is 2.